The van der Waals surface area contributed by atoms with Crippen molar-refractivity contribution in [1.29, 1.82) is 0 Å². The number of H-pyrrole nitrogens is 1. The predicted molar refractivity (Wildman–Crippen MR) is 107 cm³/mol. The summed E-state index contributed by atoms with van der Waals surface area (Å²) in [4.78, 5) is 8.39. The van der Waals surface area contributed by atoms with E-state index in [0.29, 0.717) is 11.6 Å². The quantitative estimate of drug-likeness (QED) is 0.480. The molecule has 0 radical (unpaired) electrons. The predicted octanol–water partition coefficient (Wildman–Crippen LogP) is 4.64. The Balaban J connectivity index is 0.000000206. The van der Waals surface area contributed by atoms with Crippen LogP contribution in [0.4, 0.5) is 17.6 Å². The number of aromatic amines is 1. The van der Waals surface area contributed by atoms with Crippen molar-refractivity contribution in [2.24, 2.45) is 0 Å². The van der Waals surface area contributed by atoms with Gasteiger partial charge in [-0.1, -0.05) is 41.4 Å². The molecule has 0 aliphatic heterocycles. The van der Waals surface area contributed by atoms with Crippen molar-refractivity contribution in [1.82, 2.24) is 20.2 Å². The van der Waals surface area contributed by atoms with E-state index in [9.17, 15) is 0 Å². The van der Waals surface area contributed by atoms with Crippen LogP contribution < -0.4 is 11.1 Å². The van der Waals surface area contributed by atoms with Gasteiger partial charge >= 0.3 is 0 Å². The van der Waals surface area contributed by atoms with E-state index < -0.39 is 0 Å². The maximum atomic E-state index is 5.69. The highest BCUT2D eigenvalue weighted by Gasteiger charge is 2.07. The van der Waals surface area contributed by atoms with Crippen molar-refractivity contribution >= 4 is 40.1 Å². The summed E-state index contributed by atoms with van der Waals surface area (Å²) in [6.45, 7) is 3.97. The maximum absolute atomic E-state index is 5.69. The number of aromatic nitrogens is 4. The zero-order valence-electron chi connectivity index (χ0n) is 14.5. The van der Waals surface area contributed by atoms with Gasteiger partial charge in [0.2, 0.25) is 5.95 Å². The van der Waals surface area contributed by atoms with Crippen molar-refractivity contribution in [3.05, 3.63) is 70.9 Å². The van der Waals surface area contributed by atoms with Crippen LogP contribution in [0.1, 0.15) is 11.3 Å². The smallest absolute Gasteiger partial charge is 0.222 e. The molecule has 26 heavy (non-hydrogen) atoms. The van der Waals surface area contributed by atoms with Gasteiger partial charge in [-0.2, -0.15) is 10.1 Å². The molecule has 0 atom stereocenters. The van der Waals surface area contributed by atoms with Gasteiger partial charge in [0.25, 0.3) is 0 Å². The Morgan fingerprint density at radius 3 is 2.38 bits per heavy atom. The monoisotopic (exact) mass is 366 g/mol. The average molecular weight is 367 g/mol. The van der Waals surface area contributed by atoms with Crippen LogP contribution in [0.2, 0.25) is 5.02 Å². The number of halogens is 1. The minimum Gasteiger partial charge on any atom is -0.368 e. The Bertz CT molecular complexity index is 989. The summed E-state index contributed by atoms with van der Waals surface area (Å²) in [6.07, 6.45) is 0. The third kappa shape index (κ3) is 4.49. The highest BCUT2D eigenvalue weighted by atomic mass is 35.5. The molecule has 4 aromatic rings. The first-order chi connectivity index (χ1) is 12.5. The molecule has 4 rings (SSSR count). The Kier molecular flexibility index (Phi) is 5.34. The van der Waals surface area contributed by atoms with Crippen LogP contribution in [-0.4, -0.2) is 20.2 Å². The van der Waals surface area contributed by atoms with E-state index in [1.807, 2.05) is 68.4 Å². The number of para-hydroxylation sites is 1. The summed E-state index contributed by atoms with van der Waals surface area (Å²) >= 11 is 5.61. The molecule has 0 bridgehead atoms. The third-order valence-corrected chi connectivity index (χ3v) is 3.84. The lowest BCUT2D eigenvalue weighted by Crippen LogP contribution is -2.01. The molecule has 0 saturated carbocycles. The summed E-state index contributed by atoms with van der Waals surface area (Å²) < 4.78 is 0. The van der Waals surface area contributed by atoms with E-state index >= 15 is 0 Å². The zero-order chi connectivity index (χ0) is 18.5. The molecular weight excluding hydrogens is 348 g/mol. The van der Waals surface area contributed by atoms with Crippen molar-refractivity contribution in [2.75, 3.05) is 11.1 Å². The minimum atomic E-state index is 0.239. The van der Waals surface area contributed by atoms with Gasteiger partial charge in [-0.3, -0.25) is 5.10 Å². The molecule has 0 fully saturated rings. The molecular formula is C19H19ClN6. The van der Waals surface area contributed by atoms with Crippen molar-refractivity contribution in [3.63, 3.8) is 0 Å². The second kappa shape index (κ2) is 7.84. The molecule has 0 saturated heterocycles. The van der Waals surface area contributed by atoms with Gasteiger partial charge in [0.15, 0.2) is 5.82 Å². The molecule has 0 unspecified atom stereocenters. The number of anilines is 3. The lowest BCUT2D eigenvalue weighted by Gasteiger charge is -2.06. The van der Waals surface area contributed by atoms with Gasteiger partial charge in [-0.05, 0) is 38.1 Å². The normalized spacial score (nSPS) is 10.3. The Hall–Kier alpha value is -3.12. The number of hydrogen-bond acceptors (Lipinski definition) is 5. The molecule has 4 N–H and O–H groups in total. The Labute approximate surface area is 156 Å². The van der Waals surface area contributed by atoms with Crippen LogP contribution in [-0.2, 0) is 0 Å². The molecule has 0 aliphatic rings. The number of fused-ring (bicyclic) bond motifs is 1. The van der Waals surface area contributed by atoms with E-state index in [4.69, 9.17) is 17.3 Å². The van der Waals surface area contributed by atoms with Crippen molar-refractivity contribution in [3.8, 4) is 0 Å². The van der Waals surface area contributed by atoms with E-state index in [-0.39, 0.29) is 5.95 Å². The first-order valence-corrected chi connectivity index (χ1v) is 8.42. The molecule has 0 amide bonds. The molecule has 2 heterocycles. The van der Waals surface area contributed by atoms with Crippen LogP contribution in [0.5, 0.6) is 0 Å². The van der Waals surface area contributed by atoms with Crippen molar-refractivity contribution < 1.29 is 0 Å². The fourth-order valence-corrected chi connectivity index (χ4v) is 2.45. The minimum absolute atomic E-state index is 0.239. The third-order valence-electron chi connectivity index (χ3n) is 3.58. The van der Waals surface area contributed by atoms with Gasteiger partial charge < -0.3 is 11.1 Å². The molecule has 2 aromatic heterocycles. The fourth-order valence-electron chi connectivity index (χ4n) is 2.33. The van der Waals surface area contributed by atoms with Crippen LogP contribution in [0.15, 0.2) is 54.6 Å². The maximum Gasteiger partial charge on any atom is 0.222 e. The molecule has 132 valence electrons. The molecule has 6 nitrogen and oxygen atoms in total. The first kappa shape index (κ1) is 17.7. The van der Waals surface area contributed by atoms with Gasteiger partial charge in [-0.25, -0.2) is 4.98 Å². The van der Waals surface area contributed by atoms with Gasteiger partial charge in [0.1, 0.15) is 5.82 Å². The zero-order valence-corrected chi connectivity index (χ0v) is 15.2. The lowest BCUT2D eigenvalue weighted by molar-refractivity contribution is 1.05. The van der Waals surface area contributed by atoms with Crippen LogP contribution in [0.3, 0.4) is 0 Å². The second-order valence-corrected chi connectivity index (χ2v) is 6.24. The number of nitrogens with one attached hydrogen (secondary N) is 2. The van der Waals surface area contributed by atoms with E-state index in [2.05, 4.69) is 25.5 Å². The standard InChI is InChI=1S/C12H12N6.C7H7Cl/c1-7-6-10(18-17-7)15-11-8-4-2-3-5-9(8)14-12(13)16-11;1-6-2-4-7(8)5-3-6/h2-6H,1H3,(H4,13,14,15,16,17,18);2-5H,1H3. The van der Waals surface area contributed by atoms with Gasteiger partial charge in [0.05, 0.1) is 5.52 Å². The van der Waals surface area contributed by atoms with E-state index in [1.54, 1.807) is 0 Å². The molecule has 0 aliphatic carbocycles. The molecule has 7 heteroatoms. The Morgan fingerprint density at radius 1 is 1.00 bits per heavy atom. The summed E-state index contributed by atoms with van der Waals surface area (Å²) in [5.41, 5.74) is 8.72. The first-order valence-electron chi connectivity index (χ1n) is 8.05. The number of nitrogens with zero attached hydrogens (tertiary/aromatic N) is 3. The summed E-state index contributed by atoms with van der Waals surface area (Å²) in [6, 6.07) is 17.3. The number of rotatable bonds is 2. The van der Waals surface area contributed by atoms with E-state index in [1.165, 1.54) is 5.56 Å². The average Bonchev–Trinajstić information content (AvgIpc) is 3.03. The number of benzene rings is 2. The van der Waals surface area contributed by atoms with Crippen LogP contribution in [0, 0.1) is 13.8 Å². The number of aryl methyl sites for hydroxylation is 2. The van der Waals surface area contributed by atoms with Crippen LogP contribution in [0.25, 0.3) is 10.9 Å². The number of hydrogen-bond donors (Lipinski definition) is 3. The lowest BCUT2D eigenvalue weighted by atomic mass is 10.2. The topological polar surface area (TPSA) is 92.5 Å². The van der Waals surface area contributed by atoms with E-state index in [0.717, 1.165) is 21.6 Å². The van der Waals surface area contributed by atoms with Gasteiger partial charge in [-0.15, -0.1) is 0 Å². The van der Waals surface area contributed by atoms with Gasteiger partial charge in [0, 0.05) is 22.2 Å². The number of nitrogens with two attached hydrogens (primary N) is 1. The fraction of sp³-hybridized carbons (Fsp3) is 0.105. The molecule has 0 spiro atoms. The highest BCUT2D eigenvalue weighted by Crippen LogP contribution is 2.23. The van der Waals surface area contributed by atoms with Crippen LogP contribution >= 0.6 is 11.6 Å². The largest absolute Gasteiger partial charge is 0.368 e. The molecule has 2 aromatic carbocycles. The van der Waals surface area contributed by atoms with Crippen molar-refractivity contribution in [2.45, 2.75) is 13.8 Å². The summed E-state index contributed by atoms with van der Waals surface area (Å²) in [5.74, 6) is 1.60. The second-order valence-electron chi connectivity index (χ2n) is 5.80. The number of nitrogen functional groups attached to an aromatic ring is 1. The Morgan fingerprint density at radius 2 is 1.73 bits per heavy atom. The summed E-state index contributed by atoms with van der Waals surface area (Å²) in [7, 11) is 0. The summed E-state index contributed by atoms with van der Waals surface area (Å²) in [5, 5.41) is 11.8. The SMILES string of the molecule is Cc1cc(Nc2nc(N)nc3ccccc23)n[nH]1.Cc1ccc(Cl)cc1. The highest BCUT2D eigenvalue weighted by molar-refractivity contribution is 6.30.